The predicted octanol–water partition coefficient (Wildman–Crippen LogP) is 5.31. The second-order valence-electron chi connectivity index (χ2n) is 6.82. The van der Waals surface area contributed by atoms with E-state index in [2.05, 4.69) is 11.7 Å². The van der Waals surface area contributed by atoms with Crippen LogP contribution in [0.4, 0.5) is 0 Å². The fourth-order valence-electron chi connectivity index (χ4n) is 4.02. The Kier molecular flexibility index (Phi) is 4.69. The van der Waals surface area contributed by atoms with Crippen LogP contribution in [0.2, 0.25) is 0 Å². The van der Waals surface area contributed by atoms with Gasteiger partial charge >= 0.3 is 0 Å². The fourth-order valence-corrected chi connectivity index (χ4v) is 4.02. The molecule has 0 saturated carbocycles. The smallest absolute Gasteiger partial charge is 0.223 e. The van der Waals surface area contributed by atoms with Crippen molar-refractivity contribution in [2.24, 2.45) is 4.99 Å². The molecule has 29 heavy (non-hydrogen) atoms. The zero-order valence-corrected chi connectivity index (χ0v) is 16.0. The molecular weight excluding hydrogens is 362 g/mol. The Balaban J connectivity index is 2.19. The van der Waals surface area contributed by atoms with Crippen molar-refractivity contribution in [2.75, 3.05) is 0 Å². The summed E-state index contributed by atoms with van der Waals surface area (Å²) in [6.07, 6.45) is 3.91. The fraction of sp³-hybridized carbons (Fsp3) is 0.0800. The number of benzene rings is 3. The molecule has 4 nitrogen and oxygen atoms in total. The molecule has 4 rings (SSSR count). The predicted molar refractivity (Wildman–Crippen MR) is 115 cm³/mol. The number of aromatic hydroxyl groups is 2. The van der Waals surface area contributed by atoms with Crippen molar-refractivity contribution in [3.05, 3.63) is 113 Å². The maximum absolute atomic E-state index is 9.90. The third-order valence-corrected chi connectivity index (χ3v) is 5.21. The molecular formula is C25H21NO3. The number of phenols is 2. The molecule has 0 spiro atoms. The van der Waals surface area contributed by atoms with Gasteiger partial charge in [0.25, 0.3) is 0 Å². The third-order valence-electron chi connectivity index (χ3n) is 5.21. The molecule has 1 heterocycles. The van der Waals surface area contributed by atoms with Gasteiger partial charge in [0.05, 0.1) is 5.41 Å². The summed E-state index contributed by atoms with van der Waals surface area (Å²) < 4.78 is 6.09. The Bertz CT molecular complexity index is 1060. The Morgan fingerprint density at radius 1 is 0.862 bits per heavy atom. The second kappa shape index (κ2) is 7.32. The van der Waals surface area contributed by atoms with E-state index in [4.69, 9.17) is 4.74 Å². The van der Waals surface area contributed by atoms with Crippen LogP contribution in [0, 0.1) is 0 Å². The number of para-hydroxylation sites is 1. The molecule has 3 aromatic carbocycles. The van der Waals surface area contributed by atoms with Crippen LogP contribution in [0.15, 0.2) is 101 Å². The Morgan fingerprint density at radius 2 is 1.41 bits per heavy atom. The molecule has 0 amide bonds. The van der Waals surface area contributed by atoms with Gasteiger partial charge in [-0.05, 0) is 55.1 Å². The van der Waals surface area contributed by atoms with Gasteiger partial charge in [0.2, 0.25) is 5.88 Å². The lowest BCUT2D eigenvalue weighted by Crippen LogP contribution is -2.35. The Hall–Kier alpha value is -3.79. The number of allylic oxidation sites excluding steroid dienone is 3. The maximum Gasteiger partial charge on any atom is 0.223 e. The van der Waals surface area contributed by atoms with Crippen LogP contribution in [0.25, 0.3) is 0 Å². The van der Waals surface area contributed by atoms with E-state index < -0.39 is 5.41 Å². The summed E-state index contributed by atoms with van der Waals surface area (Å²) in [5.74, 6) is 1.48. The number of phenolic OH excluding ortho intramolecular Hbond substituents is 2. The number of fused-ring (bicyclic) bond motifs is 1. The van der Waals surface area contributed by atoms with E-state index in [0.29, 0.717) is 11.6 Å². The quantitative estimate of drug-likeness (QED) is 0.600. The molecule has 0 fully saturated rings. The molecule has 1 aliphatic heterocycles. The van der Waals surface area contributed by atoms with Crippen LogP contribution in [-0.4, -0.2) is 16.9 Å². The molecule has 0 bridgehead atoms. The highest BCUT2D eigenvalue weighted by atomic mass is 16.5. The standard InChI is InChI=1S/C25H21NO3/c1-3-6-22-24(26-2)29-23-8-5-4-7-21(23)25(22,17-9-13-19(27)14-10-17)18-11-15-20(28)16-12-18/h3-16,27-28H,2H2,1H3. The van der Waals surface area contributed by atoms with Crippen LogP contribution in [0.5, 0.6) is 17.2 Å². The molecule has 0 aliphatic carbocycles. The van der Waals surface area contributed by atoms with Gasteiger partial charge in [0.1, 0.15) is 17.2 Å². The van der Waals surface area contributed by atoms with E-state index in [0.717, 1.165) is 22.3 Å². The minimum absolute atomic E-state index is 0.189. The van der Waals surface area contributed by atoms with E-state index in [-0.39, 0.29) is 11.5 Å². The van der Waals surface area contributed by atoms with Crippen LogP contribution in [-0.2, 0) is 5.41 Å². The van der Waals surface area contributed by atoms with E-state index in [9.17, 15) is 10.2 Å². The highest BCUT2D eigenvalue weighted by Gasteiger charge is 2.46. The summed E-state index contributed by atoms with van der Waals surface area (Å²) in [5.41, 5.74) is 2.87. The van der Waals surface area contributed by atoms with Crippen molar-refractivity contribution in [1.29, 1.82) is 0 Å². The molecule has 0 radical (unpaired) electrons. The summed E-state index contributed by atoms with van der Waals surface area (Å²) in [7, 11) is 0. The van der Waals surface area contributed by atoms with Gasteiger partial charge in [-0.1, -0.05) is 54.6 Å². The molecule has 0 saturated heterocycles. The first-order valence-corrected chi connectivity index (χ1v) is 9.31. The van der Waals surface area contributed by atoms with Crippen molar-refractivity contribution < 1.29 is 14.9 Å². The zero-order valence-electron chi connectivity index (χ0n) is 16.0. The van der Waals surface area contributed by atoms with Crippen molar-refractivity contribution in [3.63, 3.8) is 0 Å². The van der Waals surface area contributed by atoms with Crippen LogP contribution in [0.1, 0.15) is 23.6 Å². The van der Waals surface area contributed by atoms with Gasteiger partial charge in [0, 0.05) is 11.1 Å². The van der Waals surface area contributed by atoms with Gasteiger partial charge in [-0.25, -0.2) is 4.99 Å². The molecule has 144 valence electrons. The number of hydrogen-bond acceptors (Lipinski definition) is 4. The van der Waals surface area contributed by atoms with Crippen molar-refractivity contribution >= 4 is 6.72 Å². The van der Waals surface area contributed by atoms with Gasteiger partial charge in [-0.15, -0.1) is 0 Å². The second-order valence-corrected chi connectivity index (χ2v) is 6.82. The topological polar surface area (TPSA) is 62.1 Å². The lowest BCUT2D eigenvalue weighted by molar-refractivity contribution is 0.380. The lowest BCUT2D eigenvalue weighted by atomic mass is 9.63. The molecule has 1 aliphatic rings. The highest BCUT2D eigenvalue weighted by Crippen LogP contribution is 2.53. The summed E-state index contributed by atoms with van der Waals surface area (Å²) in [4.78, 5) is 4.19. The van der Waals surface area contributed by atoms with Gasteiger partial charge < -0.3 is 14.9 Å². The van der Waals surface area contributed by atoms with Crippen LogP contribution < -0.4 is 4.74 Å². The molecule has 4 heteroatoms. The lowest BCUT2D eigenvalue weighted by Gasteiger charge is -2.41. The van der Waals surface area contributed by atoms with Crippen molar-refractivity contribution in [1.82, 2.24) is 0 Å². The van der Waals surface area contributed by atoms with Crippen LogP contribution in [0.3, 0.4) is 0 Å². The van der Waals surface area contributed by atoms with Crippen molar-refractivity contribution in [3.8, 4) is 17.2 Å². The summed E-state index contributed by atoms with van der Waals surface area (Å²) in [6, 6.07) is 22.1. The van der Waals surface area contributed by atoms with Gasteiger partial charge in [-0.2, -0.15) is 0 Å². The minimum Gasteiger partial charge on any atom is -0.508 e. The Labute approximate surface area is 169 Å². The monoisotopic (exact) mass is 383 g/mol. The van der Waals surface area contributed by atoms with Gasteiger partial charge in [-0.3, -0.25) is 0 Å². The first-order chi connectivity index (χ1) is 14.1. The molecule has 3 aromatic rings. The zero-order chi connectivity index (χ0) is 20.4. The Morgan fingerprint density at radius 3 is 1.93 bits per heavy atom. The number of ether oxygens (including phenoxy) is 1. The summed E-state index contributed by atoms with van der Waals surface area (Å²) >= 11 is 0. The average molecular weight is 383 g/mol. The largest absolute Gasteiger partial charge is 0.508 e. The van der Waals surface area contributed by atoms with E-state index >= 15 is 0 Å². The number of rotatable bonds is 4. The average Bonchev–Trinajstić information content (AvgIpc) is 2.75. The molecule has 2 N–H and O–H groups in total. The number of aliphatic imine (C=N–C) groups is 1. The van der Waals surface area contributed by atoms with Gasteiger partial charge in [0.15, 0.2) is 0 Å². The molecule has 0 unspecified atom stereocenters. The summed E-state index contributed by atoms with van der Waals surface area (Å²) in [5, 5.41) is 19.8. The molecule has 0 atom stereocenters. The van der Waals surface area contributed by atoms with E-state index in [1.807, 2.05) is 67.6 Å². The van der Waals surface area contributed by atoms with Crippen molar-refractivity contribution in [2.45, 2.75) is 12.3 Å². The van der Waals surface area contributed by atoms with E-state index in [1.165, 1.54) is 0 Å². The number of nitrogens with zero attached hydrogens (tertiary/aromatic N) is 1. The molecule has 0 aromatic heterocycles. The SMILES string of the molecule is C=NC1=C(C=CC)C(c2ccc(O)cc2)(c2ccc(O)cc2)c2ccccc2O1. The number of hydrogen-bond donors (Lipinski definition) is 2. The summed E-state index contributed by atoms with van der Waals surface area (Å²) in [6.45, 7) is 5.66. The normalized spacial score (nSPS) is 15.1. The first-order valence-electron chi connectivity index (χ1n) is 9.31. The minimum atomic E-state index is -0.765. The maximum atomic E-state index is 9.90. The third kappa shape index (κ3) is 2.90. The highest BCUT2D eigenvalue weighted by molar-refractivity contribution is 5.68. The first kappa shape index (κ1) is 18.6. The van der Waals surface area contributed by atoms with E-state index in [1.54, 1.807) is 24.3 Å². The van der Waals surface area contributed by atoms with Crippen LogP contribution >= 0.6 is 0 Å².